The van der Waals surface area contributed by atoms with Crippen molar-refractivity contribution in [2.24, 2.45) is 5.73 Å². The van der Waals surface area contributed by atoms with Crippen LogP contribution in [0.25, 0.3) is 0 Å². The second-order valence-electron chi connectivity index (χ2n) is 5.07. The van der Waals surface area contributed by atoms with Gasteiger partial charge in [0.1, 0.15) is 0 Å². The molecular weight excluding hydrogens is 330 g/mol. The summed E-state index contributed by atoms with van der Waals surface area (Å²) in [5.41, 5.74) is 6.16. The summed E-state index contributed by atoms with van der Waals surface area (Å²) in [7, 11) is 0. The predicted octanol–water partition coefficient (Wildman–Crippen LogP) is 1.35. The van der Waals surface area contributed by atoms with Crippen LogP contribution in [0.2, 0.25) is 0 Å². The lowest BCUT2D eigenvalue weighted by molar-refractivity contribution is -0.121. The number of benzene rings is 1. The van der Waals surface area contributed by atoms with Gasteiger partial charge in [-0.25, -0.2) is 0 Å². The van der Waals surface area contributed by atoms with Gasteiger partial charge < -0.3 is 20.9 Å². The number of rotatable bonds is 6. The van der Waals surface area contributed by atoms with Crippen molar-refractivity contribution in [3.63, 3.8) is 0 Å². The van der Waals surface area contributed by atoms with Crippen molar-refractivity contribution >= 4 is 23.6 Å². The van der Waals surface area contributed by atoms with Crippen LogP contribution >= 0.6 is 11.8 Å². The minimum absolute atomic E-state index is 0.00771. The standard InChI is InChI=1S/C16H17N3O4S/c1-2-23-13-5-9(3-4-12(13)20)10-6-15(22)19-16(11(10)7-17)24-8-14(18)21/h3-5,10,20H,2,6,8H2,1H3,(H2,18,21)(H,19,22). The first kappa shape index (κ1) is 17.7. The van der Waals surface area contributed by atoms with E-state index in [4.69, 9.17) is 10.5 Å². The Morgan fingerprint density at radius 2 is 2.33 bits per heavy atom. The Labute approximate surface area is 143 Å². The summed E-state index contributed by atoms with van der Waals surface area (Å²) in [6, 6.07) is 6.84. The van der Waals surface area contributed by atoms with Gasteiger partial charge in [-0.15, -0.1) is 0 Å². The molecule has 2 amide bonds. The number of thioether (sulfide) groups is 1. The Bertz CT molecular complexity index is 739. The lowest BCUT2D eigenvalue weighted by atomic mass is 9.87. The molecule has 8 heteroatoms. The Kier molecular flexibility index (Phi) is 5.71. The number of carbonyl (C=O) groups excluding carboxylic acids is 2. The number of nitrogens with one attached hydrogen (secondary N) is 1. The van der Waals surface area contributed by atoms with E-state index in [0.29, 0.717) is 28.5 Å². The van der Waals surface area contributed by atoms with Gasteiger partial charge in [-0.3, -0.25) is 9.59 Å². The molecule has 0 spiro atoms. The van der Waals surface area contributed by atoms with Crippen LogP contribution in [0.1, 0.15) is 24.8 Å². The molecular formula is C16H17N3O4S. The second-order valence-corrected chi connectivity index (χ2v) is 6.06. The number of nitrogens with zero attached hydrogens (tertiary/aromatic N) is 1. The fourth-order valence-corrected chi connectivity index (χ4v) is 3.20. The Hall–Kier alpha value is -2.66. The summed E-state index contributed by atoms with van der Waals surface area (Å²) in [6.07, 6.45) is 0.0971. The number of phenols is 1. The Morgan fingerprint density at radius 1 is 1.58 bits per heavy atom. The van der Waals surface area contributed by atoms with Crippen molar-refractivity contribution in [2.45, 2.75) is 19.3 Å². The number of phenolic OH excluding ortho intramolecular Hbond substituents is 1. The molecule has 0 aromatic heterocycles. The van der Waals surface area contributed by atoms with E-state index in [-0.39, 0.29) is 23.8 Å². The zero-order valence-electron chi connectivity index (χ0n) is 13.0. The van der Waals surface area contributed by atoms with Crippen molar-refractivity contribution in [2.75, 3.05) is 12.4 Å². The van der Waals surface area contributed by atoms with E-state index in [1.54, 1.807) is 19.1 Å². The number of nitriles is 1. The predicted molar refractivity (Wildman–Crippen MR) is 89.1 cm³/mol. The van der Waals surface area contributed by atoms with Gasteiger partial charge >= 0.3 is 0 Å². The molecule has 0 bridgehead atoms. The zero-order valence-corrected chi connectivity index (χ0v) is 13.9. The molecule has 0 saturated carbocycles. The molecule has 0 saturated heterocycles. The highest BCUT2D eigenvalue weighted by molar-refractivity contribution is 8.03. The van der Waals surface area contributed by atoms with Gasteiger partial charge in [0, 0.05) is 12.3 Å². The molecule has 4 N–H and O–H groups in total. The summed E-state index contributed by atoms with van der Waals surface area (Å²) in [5, 5.41) is 22.3. The third-order valence-electron chi connectivity index (χ3n) is 3.40. The SMILES string of the molecule is CCOc1cc(C2CC(=O)NC(SCC(N)=O)=C2C#N)ccc1O. The minimum atomic E-state index is -0.538. The summed E-state index contributed by atoms with van der Waals surface area (Å²) in [4.78, 5) is 22.9. The summed E-state index contributed by atoms with van der Waals surface area (Å²) < 4.78 is 5.35. The van der Waals surface area contributed by atoms with Crippen LogP contribution in [0.3, 0.4) is 0 Å². The maximum absolute atomic E-state index is 12.0. The van der Waals surface area contributed by atoms with Crippen molar-refractivity contribution in [1.82, 2.24) is 5.32 Å². The first-order valence-electron chi connectivity index (χ1n) is 7.27. The van der Waals surface area contributed by atoms with E-state index in [2.05, 4.69) is 11.4 Å². The smallest absolute Gasteiger partial charge is 0.227 e. The highest BCUT2D eigenvalue weighted by atomic mass is 32.2. The Balaban J connectivity index is 2.41. The van der Waals surface area contributed by atoms with Crippen LogP contribution in [0, 0.1) is 11.3 Å². The molecule has 0 radical (unpaired) electrons. The van der Waals surface area contributed by atoms with Crippen molar-refractivity contribution < 1.29 is 19.4 Å². The van der Waals surface area contributed by atoms with Crippen molar-refractivity contribution in [3.8, 4) is 17.6 Å². The number of allylic oxidation sites excluding steroid dienone is 1. The quantitative estimate of drug-likeness (QED) is 0.713. The van der Waals surface area contributed by atoms with Crippen molar-refractivity contribution in [3.05, 3.63) is 34.4 Å². The van der Waals surface area contributed by atoms with Gasteiger partial charge in [0.15, 0.2) is 11.5 Å². The highest BCUT2D eigenvalue weighted by Gasteiger charge is 2.30. The first-order valence-corrected chi connectivity index (χ1v) is 8.25. The van der Waals surface area contributed by atoms with Crippen LogP contribution in [0.4, 0.5) is 0 Å². The molecule has 0 aliphatic carbocycles. The normalized spacial score (nSPS) is 17.2. The average molecular weight is 347 g/mol. The largest absolute Gasteiger partial charge is 0.504 e. The van der Waals surface area contributed by atoms with Gasteiger partial charge in [-0.05, 0) is 24.6 Å². The van der Waals surface area contributed by atoms with Gasteiger partial charge in [-0.2, -0.15) is 5.26 Å². The van der Waals surface area contributed by atoms with Gasteiger partial charge in [0.25, 0.3) is 0 Å². The minimum Gasteiger partial charge on any atom is -0.504 e. The van der Waals surface area contributed by atoms with Gasteiger partial charge in [-0.1, -0.05) is 17.8 Å². The molecule has 1 aromatic carbocycles. The summed E-state index contributed by atoms with van der Waals surface area (Å²) in [6.45, 7) is 2.17. The lowest BCUT2D eigenvalue weighted by Crippen LogP contribution is -2.31. The number of primary amides is 1. The third kappa shape index (κ3) is 4.00. The van der Waals surface area contributed by atoms with E-state index in [9.17, 15) is 20.0 Å². The van der Waals surface area contributed by atoms with Crippen LogP contribution in [-0.4, -0.2) is 29.3 Å². The fourth-order valence-electron chi connectivity index (χ4n) is 2.38. The molecule has 1 aliphatic rings. The topological polar surface area (TPSA) is 125 Å². The first-order chi connectivity index (χ1) is 11.5. The third-order valence-corrected chi connectivity index (χ3v) is 4.44. The molecule has 2 rings (SSSR count). The van der Waals surface area contributed by atoms with E-state index in [1.165, 1.54) is 6.07 Å². The van der Waals surface area contributed by atoms with Crippen LogP contribution in [0.5, 0.6) is 11.5 Å². The number of hydrogen-bond acceptors (Lipinski definition) is 6. The number of amides is 2. The highest BCUT2D eigenvalue weighted by Crippen LogP contribution is 2.38. The van der Waals surface area contributed by atoms with Crippen LogP contribution < -0.4 is 15.8 Å². The molecule has 7 nitrogen and oxygen atoms in total. The Morgan fingerprint density at radius 3 is 2.96 bits per heavy atom. The molecule has 0 fully saturated rings. The van der Waals surface area contributed by atoms with E-state index in [1.807, 2.05) is 0 Å². The molecule has 1 atom stereocenters. The van der Waals surface area contributed by atoms with E-state index < -0.39 is 11.8 Å². The number of carbonyl (C=O) groups is 2. The lowest BCUT2D eigenvalue weighted by Gasteiger charge is -2.25. The molecule has 1 unspecified atom stereocenters. The van der Waals surface area contributed by atoms with Crippen molar-refractivity contribution in [1.29, 1.82) is 5.26 Å². The summed E-state index contributed by atoms with van der Waals surface area (Å²) in [5.74, 6) is -1.01. The van der Waals surface area contributed by atoms with Gasteiger partial charge in [0.05, 0.1) is 29.0 Å². The second kappa shape index (κ2) is 7.75. The molecule has 1 heterocycles. The molecule has 1 aromatic rings. The van der Waals surface area contributed by atoms with E-state index in [0.717, 1.165) is 11.8 Å². The monoisotopic (exact) mass is 347 g/mol. The maximum Gasteiger partial charge on any atom is 0.227 e. The zero-order chi connectivity index (χ0) is 17.7. The number of hydrogen-bond donors (Lipinski definition) is 3. The molecule has 1 aliphatic heterocycles. The molecule has 126 valence electrons. The van der Waals surface area contributed by atoms with Crippen LogP contribution in [-0.2, 0) is 9.59 Å². The number of aromatic hydroxyl groups is 1. The number of ether oxygens (including phenoxy) is 1. The molecule has 24 heavy (non-hydrogen) atoms. The average Bonchev–Trinajstić information content (AvgIpc) is 2.54. The fraction of sp³-hybridized carbons (Fsp3) is 0.312. The number of nitrogens with two attached hydrogens (primary N) is 1. The van der Waals surface area contributed by atoms with Crippen LogP contribution in [0.15, 0.2) is 28.8 Å². The van der Waals surface area contributed by atoms with Gasteiger partial charge in [0.2, 0.25) is 11.8 Å². The maximum atomic E-state index is 12.0. The van der Waals surface area contributed by atoms with E-state index >= 15 is 0 Å². The summed E-state index contributed by atoms with van der Waals surface area (Å²) >= 11 is 1.03.